The van der Waals surface area contributed by atoms with Crippen LogP contribution >= 0.6 is 11.3 Å². The lowest BCUT2D eigenvalue weighted by Gasteiger charge is -2.15. The molecular formula is C17H14N4OS. The molecule has 0 aliphatic carbocycles. The first-order valence-electron chi connectivity index (χ1n) is 7.28. The fourth-order valence-electron chi connectivity index (χ4n) is 2.49. The molecule has 1 aliphatic heterocycles. The quantitative estimate of drug-likeness (QED) is 0.784. The number of benzene rings is 2. The third-order valence-corrected chi connectivity index (χ3v) is 4.50. The highest BCUT2D eigenvalue weighted by molar-refractivity contribution is 7.22. The molecule has 0 radical (unpaired) electrons. The minimum Gasteiger partial charge on any atom is -0.278 e. The standard InChI is InChI=1S/C17H14N4OS/c1-11-7-8-13-14(9-11)23-17(18-13)19-15-10-16(22)21(20-15)12-5-3-2-4-6-12/h2-9H,10H2,1H3,(H,18,19,20). The van der Waals surface area contributed by atoms with Crippen molar-refractivity contribution in [2.75, 3.05) is 5.01 Å². The highest BCUT2D eigenvalue weighted by Gasteiger charge is 2.27. The van der Waals surface area contributed by atoms with Gasteiger partial charge in [0.15, 0.2) is 0 Å². The van der Waals surface area contributed by atoms with Gasteiger partial charge in [-0.1, -0.05) is 35.6 Å². The van der Waals surface area contributed by atoms with Crippen LogP contribution in [0.3, 0.4) is 0 Å². The number of aromatic nitrogens is 1. The number of carbonyl (C=O) groups excluding carboxylic acids is 1. The van der Waals surface area contributed by atoms with Gasteiger partial charge in [-0.15, -0.1) is 0 Å². The molecule has 1 aromatic heterocycles. The molecule has 0 unspecified atom stereocenters. The number of rotatable bonds is 2. The molecule has 0 bridgehead atoms. The van der Waals surface area contributed by atoms with E-state index in [0.717, 1.165) is 15.9 Å². The Hall–Kier alpha value is -2.73. The largest absolute Gasteiger partial charge is 0.278 e. The van der Waals surface area contributed by atoms with Crippen molar-refractivity contribution in [1.29, 1.82) is 0 Å². The number of carbonyl (C=O) groups is 1. The maximum Gasteiger partial charge on any atom is 0.253 e. The number of anilines is 1. The van der Waals surface area contributed by atoms with Crippen LogP contribution in [0, 0.1) is 6.92 Å². The lowest BCUT2D eigenvalue weighted by atomic mass is 10.2. The minimum atomic E-state index is -0.0214. The summed E-state index contributed by atoms with van der Waals surface area (Å²) >= 11 is 1.53. The highest BCUT2D eigenvalue weighted by Crippen LogP contribution is 2.29. The van der Waals surface area contributed by atoms with Crippen LogP contribution in [0.2, 0.25) is 0 Å². The van der Waals surface area contributed by atoms with E-state index in [4.69, 9.17) is 0 Å². The number of hydrogen-bond acceptors (Lipinski definition) is 4. The average molecular weight is 322 g/mol. The van der Waals surface area contributed by atoms with E-state index in [1.807, 2.05) is 42.5 Å². The van der Waals surface area contributed by atoms with Gasteiger partial charge in [0.1, 0.15) is 5.84 Å². The summed E-state index contributed by atoms with van der Waals surface area (Å²) in [5.74, 6) is 0.599. The summed E-state index contributed by atoms with van der Waals surface area (Å²) in [6, 6.07) is 15.6. The molecule has 2 aromatic carbocycles. The van der Waals surface area contributed by atoms with Gasteiger partial charge in [0, 0.05) is 0 Å². The van der Waals surface area contributed by atoms with Crippen LogP contribution in [0.4, 0.5) is 10.8 Å². The number of nitrogens with one attached hydrogen (secondary N) is 1. The molecule has 4 rings (SSSR count). The average Bonchev–Trinajstić information content (AvgIpc) is 3.10. The smallest absolute Gasteiger partial charge is 0.253 e. The first-order chi connectivity index (χ1) is 11.2. The van der Waals surface area contributed by atoms with Gasteiger partial charge >= 0.3 is 0 Å². The summed E-state index contributed by atoms with van der Waals surface area (Å²) in [6.45, 7) is 2.06. The summed E-state index contributed by atoms with van der Waals surface area (Å²) in [5, 5.41) is 2.19. The van der Waals surface area contributed by atoms with Crippen LogP contribution in [0.1, 0.15) is 12.0 Å². The highest BCUT2D eigenvalue weighted by atomic mass is 32.1. The number of aryl methyl sites for hydroxylation is 1. The molecule has 0 spiro atoms. The van der Waals surface area contributed by atoms with Crippen LogP contribution in [0.25, 0.3) is 10.2 Å². The Balaban J connectivity index is 1.62. The number of hydrazine groups is 1. The van der Waals surface area contributed by atoms with Crippen LogP contribution in [0.5, 0.6) is 0 Å². The number of aliphatic imine (C=N–C) groups is 1. The van der Waals surface area contributed by atoms with Crippen molar-refractivity contribution in [1.82, 2.24) is 10.4 Å². The number of nitrogens with zero attached hydrogens (tertiary/aromatic N) is 3. The van der Waals surface area contributed by atoms with E-state index in [1.165, 1.54) is 21.9 Å². The number of amides is 1. The Kier molecular flexibility index (Phi) is 3.31. The van der Waals surface area contributed by atoms with Gasteiger partial charge in [0.2, 0.25) is 5.13 Å². The monoisotopic (exact) mass is 322 g/mol. The first-order valence-corrected chi connectivity index (χ1v) is 8.10. The van der Waals surface area contributed by atoms with Crippen molar-refractivity contribution >= 4 is 44.1 Å². The third-order valence-electron chi connectivity index (χ3n) is 3.59. The number of amidine groups is 1. The molecule has 2 heterocycles. The zero-order valence-electron chi connectivity index (χ0n) is 12.5. The van der Waals surface area contributed by atoms with Gasteiger partial charge in [0.25, 0.3) is 5.91 Å². The minimum absolute atomic E-state index is 0.0214. The zero-order valence-corrected chi connectivity index (χ0v) is 13.3. The van der Waals surface area contributed by atoms with Crippen molar-refractivity contribution in [2.24, 2.45) is 4.99 Å². The molecule has 1 aliphatic rings. The Morgan fingerprint density at radius 3 is 2.87 bits per heavy atom. The van der Waals surface area contributed by atoms with Crippen molar-refractivity contribution in [3.63, 3.8) is 0 Å². The molecule has 0 saturated carbocycles. The van der Waals surface area contributed by atoms with Crippen LogP contribution < -0.4 is 10.4 Å². The predicted octanol–water partition coefficient (Wildman–Crippen LogP) is 3.58. The number of thiazole rings is 1. The molecule has 0 atom stereocenters. The molecule has 114 valence electrons. The molecule has 1 fully saturated rings. The summed E-state index contributed by atoms with van der Waals surface area (Å²) in [7, 11) is 0. The van der Waals surface area contributed by atoms with Crippen molar-refractivity contribution < 1.29 is 4.79 Å². The van der Waals surface area contributed by atoms with E-state index in [2.05, 4.69) is 28.4 Å². The van der Waals surface area contributed by atoms with Gasteiger partial charge in [-0.25, -0.2) is 15.0 Å². The van der Waals surface area contributed by atoms with Crippen molar-refractivity contribution in [2.45, 2.75) is 13.3 Å². The third kappa shape index (κ3) is 2.68. The molecule has 3 aromatic rings. The Morgan fingerprint density at radius 1 is 1.22 bits per heavy atom. The normalized spacial score (nSPS) is 16.3. The van der Waals surface area contributed by atoms with Crippen LogP contribution in [-0.2, 0) is 4.79 Å². The first kappa shape index (κ1) is 13.9. The molecule has 6 heteroatoms. The number of fused-ring (bicyclic) bond motifs is 1. The van der Waals surface area contributed by atoms with Gasteiger partial charge in [-0.3, -0.25) is 10.2 Å². The van der Waals surface area contributed by atoms with E-state index in [1.54, 1.807) is 0 Å². The number of hydrogen-bond donors (Lipinski definition) is 1. The van der Waals surface area contributed by atoms with E-state index in [9.17, 15) is 4.79 Å². The van der Waals surface area contributed by atoms with Crippen LogP contribution in [0.15, 0.2) is 53.5 Å². The number of para-hydroxylation sites is 1. The van der Waals surface area contributed by atoms with Gasteiger partial charge < -0.3 is 0 Å². The summed E-state index contributed by atoms with van der Waals surface area (Å²) < 4.78 is 1.11. The maximum atomic E-state index is 12.2. The molecule has 5 nitrogen and oxygen atoms in total. The molecule has 1 saturated heterocycles. The summed E-state index contributed by atoms with van der Waals surface area (Å²) in [5.41, 5.74) is 6.00. The Morgan fingerprint density at radius 2 is 2.04 bits per heavy atom. The Bertz CT molecular complexity index is 917. The fraction of sp³-hybridized carbons (Fsp3) is 0.118. The van der Waals surface area contributed by atoms with Crippen molar-refractivity contribution in [3.8, 4) is 0 Å². The lowest BCUT2D eigenvalue weighted by molar-refractivity contribution is -0.116. The van der Waals surface area contributed by atoms with Gasteiger partial charge in [-0.2, -0.15) is 0 Å². The van der Waals surface area contributed by atoms with Gasteiger partial charge in [0.05, 0.1) is 22.3 Å². The summed E-state index contributed by atoms with van der Waals surface area (Å²) in [4.78, 5) is 21.2. The second-order valence-corrected chi connectivity index (χ2v) is 6.39. The predicted molar refractivity (Wildman–Crippen MR) is 93.1 cm³/mol. The molecule has 1 N–H and O–H groups in total. The fourth-order valence-corrected chi connectivity index (χ4v) is 3.45. The second-order valence-electron chi connectivity index (χ2n) is 5.38. The van der Waals surface area contributed by atoms with E-state index in [0.29, 0.717) is 11.0 Å². The topological polar surface area (TPSA) is 57.6 Å². The van der Waals surface area contributed by atoms with Crippen molar-refractivity contribution in [3.05, 3.63) is 54.1 Å². The molecule has 1 amide bonds. The summed E-state index contributed by atoms with van der Waals surface area (Å²) in [6.07, 6.45) is 0.254. The van der Waals surface area contributed by atoms with Crippen LogP contribution in [-0.4, -0.2) is 16.7 Å². The lowest BCUT2D eigenvalue weighted by Crippen LogP contribution is -2.35. The molecular weight excluding hydrogens is 308 g/mol. The van der Waals surface area contributed by atoms with E-state index in [-0.39, 0.29) is 12.3 Å². The Labute approximate surface area is 137 Å². The zero-order chi connectivity index (χ0) is 15.8. The maximum absolute atomic E-state index is 12.2. The van der Waals surface area contributed by atoms with E-state index >= 15 is 0 Å². The molecule has 23 heavy (non-hydrogen) atoms. The van der Waals surface area contributed by atoms with Gasteiger partial charge in [-0.05, 0) is 36.8 Å². The SMILES string of the molecule is Cc1ccc2nc(N=C3CC(=O)N(c4ccccc4)N3)sc2c1. The second kappa shape index (κ2) is 5.48. The van der Waals surface area contributed by atoms with E-state index < -0.39 is 0 Å².